The summed E-state index contributed by atoms with van der Waals surface area (Å²) in [5, 5.41) is 0. The number of nitrogens with two attached hydrogens (primary N) is 1. The van der Waals surface area contributed by atoms with Crippen molar-refractivity contribution in [3.63, 3.8) is 0 Å². The predicted molar refractivity (Wildman–Crippen MR) is 86.8 cm³/mol. The highest BCUT2D eigenvalue weighted by molar-refractivity contribution is 5.67. The van der Waals surface area contributed by atoms with Crippen LogP contribution in [0.25, 0.3) is 0 Å². The van der Waals surface area contributed by atoms with Crippen LogP contribution < -0.4 is 15.5 Å². The van der Waals surface area contributed by atoms with E-state index in [1.54, 1.807) is 6.20 Å². The molecule has 108 valence electrons. The third kappa shape index (κ3) is 2.11. The van der Waals surface area contributed by atoms with Gasteiger partial charge in [0, 0.05) is 37.6 Å². The first kappa shape index (κ1) is 12.5. The Hall–Kier alpha value is -2.23. The van der Waals surface area contributed by atoms with Crippen LogP contribution in [0.2, 0.25) is 0 Å². The van der Waals surface area contributed by atoms with E-state index in [1.807, 2.05) is 12.3 Å². The molecule has 2 aliphatic rings. The average molecular weight is 280 g/mol. The maximum atomic E-state index is 6.08. The molecule has 1 fully saturated rings. The molecule has 4 nitrogen and oxygen atoms in total. The lowest BCUT2D eigenvalue weighted by Crippen LogP contribution is -2.55. The maximum absolute atomic E-state index is 6.08. The summed E-state index contributed by atoms with van der Waals surface area (Å²) in [6.07, 6.45) is 5.97. The van der Waals surface area contributed by atoms with E-state index in [-0.39, 0.29) is 0 Å². The van der Waals surface area contributed by atoms with E-state index in [0.29, 0.717) is 6.04 Å². The van der Waals surface area contributed by atoms with Crippen molar-refractivity contribution in [3.05, 3.63) is 48.3 Å². The number of anilines is 3. The van der Waals surface area contributed by atoms with E-state index in [2.05, 4.69) is 39.0 Å². The van der Waals surface area contributed by atoms with Gasteiger partial charge in [0.25, 0.3) is 0 Å². The zero-order valence-electron chi connectivity index (χ0n) is 12.1. The first-order valence-electron chi connectivity index (χ1n) is 7.62. The van der Waals surface area contributed by atoms with Gasteiger partial charge in [-0.3, -0.25) is 4.98 Å². The van der Waals surface area contributed by atoms with Gasteiger partial charge < -0.3 is 15.5 Å². The second kappa shape index (κ2) is 4.95. The monoisotopic (exact) mass is 280 g/mol. The van der Waals surface area contributed by atoms with Gasteiger partial charge in [0.15, 0.2) is 0 Å². The van der Waals surface area contributed by atoms with E-state index in [0.717, 1.165) is 31.0 Å². The highest BCUT2D eigenvalue weighted by Gasteiger charge is 2.31. The molecule has 0 amide bonds. The number of benzene rings is 1. The number of hydrogen-bond acceptors (Lipinski definition) is 4. The fourth-order valence-electron chi connectivity index (χ4n) is 3.65. The number of rotatable bonds is 1. The Bertz CT molecular complexity index is 655. The molecule has 0 bridgehead atoms. The molecule has 2 N–H and O–H groups in total. The van der Waals surface area contributed by atoms with Gasteiger partial charge in [0.1, 0.15) is 0 Å². The van der Waals surface area contributed by atoms with Crippen LogP contribution in [0.3, 0.4) is 0 Å². The molecule has 0 radical (unpaired) electrons. The van der Waals surface area contributed by atoms with Gasteiger partial charge in [-0.25, -0.2) is 0 Å². The molecule has 0 aliphatic carbocycles. The van der Waals surface area contributed by atoms with Gasteiger partial charge in [0.2, 0.25) is 0 Å². The zero-order valence-corrected chi connectivity index (χ0v) is 12.1. The van der Waals surface area contributed by atoms with Gasteiger partial charge in [-0.05, 0) is 30.5 Å². The van der Waals surface area contributed by atoms with Crippen LogP contribution in [0.1, 0.15) is 12.0 Å². The molecule has 4 rings (SSSR count). The minimum absolute atomic E-state index is 0.584. The highest BCUT2D eigenvalue weighted by atomic mass is 15.3. The number of aromatic nitrogens is 1. The van der Waals surface area contributed by atoms with Gasteiger partial charge in [-0.2, -0.15) is 0 Å². The summed E-state index contributed by atoms with van der Waals surface area (Å²) in [5.74, 6) is 0. The van der Waals surface area contributed by atoms with E-state index in [1.165, 1.54) is 24.1 Å². The maximum Gasteiger partial charge on any atom is 0.0738 e. The van der Waals surface area contributed by atoms with Crippen molar-refractivity contribution in [1.29, 1.82) is 0 Å². The van der Waals surface area contributed by atoms with Crippen LogP contribution in [0.5, 0.6) is 0 Å². The molecule has 1 saturated heterocycles. The summed E-state index contributed by atoms with van der Waals surface area (Å²) in [6.45, 7) is 3.12. The van der Waals surface area contributed by atoms with Crippen LogP contribution in [-0.2, 0) is 6.42 Å². The van der Waals surface area contributed by atoms with Gasteiger partial charge >= 0.3 is 0 Å². The Morgan fingerprint density at radius 1 is 1.10 bits per heavy atom. The van der Waals surface area contributed by atoms with Crippen LogP contribution in [0, 0.1) is 0 Å². The average Bonchev–Trinajstić information content (AvgIpc) is 2.54. The van der Waals surface area contributed by atoms with Crippen LogP contribution >= 0.6 is 0 Å². The Labute approximate surface area is 125 Å². The second-order valence-corrected chi connectivity index (χ2v) is 5.90. The molecule has 21 heavy (non-hydrogen) atoms. The SMILES string of the molecule is Nc1cnccc1N1CCN2c3ccccc3CC[C@@H]2C1. The van der Waals surface area contributed by atoms with Crippen molar-refractivity contribution in [2.75, 3.05) is 35.2 Å². The van der Waals surface area contributed by atoms with Crippen molar-refractivity contribution >= 4 is 17.1 Å². The molecule has 1 aromatic heterocycles. The molecular formula is C17H20N4. The number of hydrogen-bond donors (Lipinski definition) is 1. The number of aryl methyl sites for hydroxylation is 1. The molecule has 0 saturated carbocycles. The lowest BCUT2D eigenvalue weighted by atomic mass is 9.93. The predicted octanol–water partition coefficient (Wildman–Crippen LogP) is 2.31. The minimum atomic E-state index is 0.584. The molecule has 1 aromatic carbocycles. The Balaban J connectivity index is 1.59. The summed E-state index contributed by atoms with van der Waals surface area (Å²) >= 11 is 0. The largest absolute Gasteiger partial charge is 0.396 e. The van der Waals surface area contributed by atoms with Crippen molar-refractivity contribution in [2.24, 2.45) is 0 Å². The standard InChI is InChI=1S/C17H20N4/c18-15-11-19-8-7-17(15)20-9-10-21-14(12-20)6-5-13-3-1-2-4-16(13)21/h1-4,7-8,11,14H,5-6,9-10,12,18H2/t14-/m1/s1. The number of nitrogens with zero attached hydrogens (tertiary/aromatic N) is 3. The topological polar surface area (TPSA) is 45.4 Å². The number of piperazine rings is 1. The molecule has 1 atom stereocenters. The van der Waals surface area contributed by atoms with Gasteiger partial charge in [0.05, 0.1) is 17.6 Å². The van der Waals surface area contributed by atoms with E-state index < -0.39 is 0 Å². The van der Waals surface area contributed by atoms with Crippen molar-refractivity contribution in [1.82, 2.24) is 4.98 Å². The summed E-state index contributed by atoms with van der Waals surface area (Å²) in [7, 11) is 0. The van der Waals surface area contributed by atoms with Crippen LogP contribution in [0.4, 0.5) is 17.1 Å². The van der Waals surface area contributed by atoms with Gasteiger partial charge in [-0.15, -0.1) is 0 Å². The molecule has 4 heteroatoms. The number of fused-ring (bicyclic) bond motifs is 3. The Morgan fingerprint density at radius 2 is 2.00 bits per heavy atom. The highest BCUT2D eigenvalue weighted by Crippen LogP contribution is 2.34. The fourth-order valence-corrected chi connectivity index (χ4v) is 3.65. The van der Waals surface area contributed by atoms with E-state index in [4.69, 9.17) is 5.73 Å². The van der Waals surface area contributed by atoms with Crippen molar-refractivity contribution in [2.45, 2.75) is 18.9 Å². The molecule has 2 aliphatic heterocycles. The number of nitrogen functional groups attached to an aromatic ring is 1. The summed E-state index contributed by atoms with van der Waals surface area (Å²) in [5.41, 5.74) is 10.9. The quantitative estimate of drug-likeness (QED) is 0.870. The lowest BCUT2D eigenvalue weighted by Gasteiger charge is -2.47. The molecule has 3 heterocycles. The second-order valence-electron chi connectivity index (χ2n) is 5.90. The molecule has 0 spiro atoms. The number of para-hydroxylation sites is 1. The van der Waals surface area contributed by atoms with Crippen molar-refractivity contribution < 1.29 is 0 Å². The third-order valence-electron chi connectivity index (χ3n) is 4.70. The normalized spacial score (nSPS) is 20.9. The molecule has 0 unspecified atom stereocenters. The molecular weight excluding hydrogens is 260 g/mol. The van der Waals surface area contributed by atoms with Crippen molar-refractivity contribution in [3.8, 4) is 0 Å². The van der Waals surface area contributed by atoms with Crippen LogP contribution in [0.15, 0.2) is 42.7 Å². The fraction of sp³-hybridized carbons (Fsp3) is 0.353. The summed E-state index contributed by atoms with van der Waals surface area (Å²) < 4.78 is 0. The van der Waals surface area contributed by atoms with Gasteiger partial charge in [-0.1, -0.05) is 18.2 Å². The summed E-state index contributed by atoms with van der Waals surface area (Å²) in [4.78, 5) is 9.07. The third-order valence-corrected chi connectivity index (χ3v) is 4.70. The van der Waals surface area contributed by atoms with Crippen LogP contribution in [-0.4, -0.2) is 30.7 Å². The number of pyridine rings is 1. The molecule has 2 aromatic rings. The first-order chi connectivity index (χ1) is 10.3. The minimum Gasteiger partial charge on any atom is -0.396 e. The Kier molecular flexibility index (Phi) is 2.95. The zero-order chi connectivity index (χ0) is 14.2. The van der Waals surface area contributed by atoms with E-state index in [9.17, 15) is 0 Å². The first-order valence-corrected chi connectivity index (χ1v) is 7.62. The summed E-state index contributed by atoms with van der Waals surface area (Å²) in [6, 6.07) is 11.4. The smallest absolute Gasteiger partial charge is 0.0738 e. The lowest BCUT2D eigenvalue weighted by molar-refractivity contribution is 0.476. The van der Waals surface area contributed by atoms with E-state index >= 15 is 0 Å². The Morgan fingerprint density at radius 3 is 2.90 bits per heavy atom.